The summed E-state index contributed by atoms with van der Waals surface area (Å²) in [6.45, 7) is 10.4. The molecule has 0 bridgehead atoms. The molecule has 1 aliphatic heterocycles. The van der Waals surface area contributed by atoms with Crippen molar-refractivity contribution in [2.45, 2.75) is 64.6 Å². The van der Waals surface area contributed by atoms with E-state index in [1.54, 1.807) is 0 Å². The molecule has 0 amide bonds. The van der Waals surface area contributed by atoms with Crippen LogP contribution in [-0.2, 0) is 6.54 Å². The standard InChI is InChI=1S/C17H27NO/c1-13(2)15-9-7-14(8-10-15)12-18-11-5-6-16(18)17(3,4)19/h7-10,13,16,19H,5-6,11-12H2,1-4H3. The van der Waals surface area contributed by atoms with Crippen LogP contribution in [0, 0.1) is 0 Å². The Morgan fingerprint density at radius 2 is 1.89 bits per heavy atom. The molecule has 1 N–H and O–H groups in total. The predicted octanol–water partition coefficient (Wildman–Crippen LogP) is 3.55. The number of likely N-dealkylation sites (tertiary alicyclic amines) is 1. The summed E-state index contributed by atoms with van der Waals surface area (Å²) in [5, 5.41) is 10.2. The van der Waals surface area contributed by atoms with Crippen molar-refractivity contribution in [3.63, 3.8) is 0 Å². The van der Waals surface area contributed by atoms with Crippen LogP contribution in [-0.4, -0.2) is 28.2 Å². The summed E-state index contributed by atoms with van der Waals surface area (Å²) in [6.07, 6.45) is 2.30. The Kier molecular flexibility index (Phi) is 4.32. The monoisotopic (exact) mass is 261 g/mol. The Labute approximate surface area is 117 Å². The summed E-state index contributed by atoms with van der Waals surface area (Å²) in [5.74, 6) is 0.588. The van der Waals surface area contributed by atoms with Crippen molar-refractivity contribution in [3.05, 3.63) is 35.4 Å². The van der Waals surface area contributed by atoms with E-state index < -0.39 is 5.60 Å². The molecule has 2 nitrogen and oxygen atoms in total. The fraction of sp³-hybridized carbons (Fsp3) is 0.647. The van der Waals surface area contributed by atoms with Crippen LogP contribution in [0.15, 0.2) is 24.3 Å². The highest BCUT2D eigenvalue weighted by molar-refractivity contribution is 5.24. The second kappa shape index (κ2) is 5.64. The molecule has 106 valence electrons. The highest BCUT2D eigenvalue weighted by atomic mass is 16.3. The normalized spacial score (nSPS) is 21.3. The van der Waals surface area contributed by atoms with Gasteiger partial charge in [0.15, 0.2) is 0 Å². The maximum atomic E-state index is 10.2. The smallest absolute Gasteiger partial charge is 0.0746 e. The average molecular weight is 261 g/mol. The maximum Gasteiger partial charge on any atom is 0.0746 e. The Bertz CT molecular complexity index is 402. The van der Waals surface area contributed by atoms with Gasteiger partial charge in [0.05, 0.1) is 5.60 Å². The molecule has 2 heteroatoms. The quantitative estimate of drug-likeness (QED) is 0.896. The molecule has 1 atom stereocenters. The Balaban J connectivity index is 2.04. The highest BCUT2D eigenvalue weighted by Crippen LogP contribution is 2.28. The molecule has 1 aromatic rings. The molecule has 1 aromatic carbocycles. The SMILES string of the molecule is CC(C)c1ccc(CN2CCCC2C(C)(C)O)cc1. The molecule has 0 spiro atoms. The van der Waals surface area contributed by atoms with Gasteiger partial charge in [-0.1, -0.05) is 38.1 Å². The molecule has 19 heavy (non-hydrogen) atoms. The fourth-order valence-corrected chi connectivity index (χ4v) is 3.06. The summed E-state index contributed by atoms with van der Waals surface area (Å²) in [5.41, 5.74) is 2.14. The minimum absolute atomic E-state index is 0.289. The summed E-state index contributed by atoms with van der Waals surface area (Å²) >= 11 is 0. The van der Waals surface area contributed by atoms with Crippen LogP contribution in [0.25, 0.3) is 0 Å². The molecule has 0 radical (unpaired) electrons. The van der Waals surface area contributed by atoms with E-state index in [2.05, 4.69) is 43.0 Å². The zero-order valence-electron chi connectivity index (χ0n) is 12.7. The zero-order chi connectivity index (χ0) is 14.0. The lowest BCUT2D eigenvalue weighted by Gasteiger charge is -2.33. The van der Waals surface area contributed by atoms with Gasteiger partial charge in [-0.25, -0.2) is 0 Å². The first-order chi connectivity index (χ1) is 8.88. The van der Waals surface area contributed by atoms with Gasteiger partial charge in [0.25, 0.3) is 0 Å². The molecule has 1 heterocycles. The van der Waals surface area contributed by atoms with Gasteiger partial charge in [-0.3, -0.25) is 4.90 Å². The van der Waals surface area contributed by atoms with Crippen molar-refractivity contribution in [1.29, 1.82) is 0 Å². The second-order valence-corrected chi connectivity index (χ2v) is 6.68. The average Bonchev–Trinajstić information content (AvgIpc) is 2.77. The fourth-order valence-electron chi connectivity index (χ4n) is 3.06. The van der Waals surface area contributed by atoms with Crippen molar-refractivity contribution in [2.24, 2.45) is 0 Å². The van der Waals surface area contributed by atoms with Crippen molar-refractivity contribution in [1.82, 2.24) is 4.90 Å². The molecule has 0 aromatic heterocycles. The van der Waals surface area contributed by atoms with Gasteiger partial charge >= 0.3 is 0 Å². The number of hydrogen-bond donors (Lipinski definition) is 1. The first-order valence-electron chi connectivity index (χ1n) is 7.43. The summed E-state index contributed by atoms with van der Waals surface area (Å²) in [4.78, 5) is 2.42. The minimum Gasteiger partial charge on any atom is -0.389 e. The molecule has 1 unspecified atom stereocenters. The molecule has 1 fully saturated rings. The van der Waals surface area contributed by atoms with Crippen LogP contribution in [0.4, 0.5) is 0 Å². The van der Waals surface area contributed by atoms with E-state index >= 15 is 0 Å². The maximum absolute atomic E-state index is 10.2. The van der Waals surface area contributed by atoms with E-state index in [0.29, 0.717) is 5.92 Å². The van der Waals surface area contributed by atoms with Crippen molar-refractivity contribution >= 4 is 0 Å². The lowest BCUT2D eigenvalue weighted by Crippen LogP contribution is -2.45. The van der Waals surface area contributed by atoms with E-state index in [0.717, 1.165) is 19.5 Å². The van der Waals surface area contributed by atoms with Crippen LogP contribution in [0.1, 0.15) is 57.6 Å². The Hall–Kier alpha value is -0.860. The van der Waals surface area contributed by atoms with Crippen LogP contribution < -0.4 is 0 Å². The Morgan fingerprint density at radius 1 is 1.26 bits per heavy atom. The largest absolute Gasteiger partial charge is 0.389 e. The molecule has 0 aliphatic carbocycles. The first kappa shape index (κ1) is 14.5. The Morgan fingerprint density at radius 3 is 2.42 bits per heavy atom. The third kappa shape index (κ3) is 3.58. The number of nitrogens with zero attached hydrogens (tertiary/aromatic N) is 1. The van der Waals surface area contributed by atoms with Crippen LogP contribution in [0.2, 0.25) is 0 Å². The van der Waals surface area contributed by atoms with Gasteiger partial charge < -0.3 is 5.11 Å². The number of aliphatic hydroxyl groups is 1. The number of hydrogen-bond acceptors (Lipinski definition) is 2. The lowest BCUT2D eigenvalue weighted by atomic mass is 9.96. The van der Waals surface area contributed by atoms with Crippen molar-refractivity contribution < 1.29 is 5.11 Å². The summed E-state index contributed by atoms with van der Waals surface area (Å²) < 4.78 is 0. The van der Waals surface area contributed by atoms with Gasteiger partial charge in [0.2, 0.25) is 0 Å². The lowest BCUT2D eigenvalue weighted by molar-refractivity contribution is -0.00501. The summed E-state index contributed by atoms with van der Waals surface area (Å²) in [7, 11) is 0. The second-order valence-electron chi connectivity index (χ2n) is 6.68. The third-order valence-corrected chi connectivity index (χ3v) is 4.21. The first-order valence-corrected chi connectivity index (χ1v) is 7.43. The van der Waals surface area contributed by atoms with E-state index in [4.69, 9.17) is 0 Å². The highest BCUT2D eigenvalue weighted by Gasteiger charge is 2.35. The molecular weight excluding hydrogens is 234 g/mol. The molecule has 1 saturated heterocycles. The van der Waals surface area contributed by atoms with E-state index in [-0.39, 0.29) is 6.04 Å². The van der Waals surface area contributed by atoms with Crippen LogP contribution in [0.3, 0.4) is 0 Å². The van der Waals surface area contributed by atoms with Gasteiger partial charge in [-0.05, 0) is 50.3 Å². The third-order valence-electron chi connectivity index (χ3n) is 4.21. The van der Waals surface area contributed by atoms with Crippen LogP contribution in [0.5, 0.6) is 0 Å². The molecular formula is C17H27NO. The summed E-state index contributed by atoms with van der Waals surface area (Å²) in [6, 6.07) is 9.21. The van der Waals surface area contributed by atoms with Gasteiger partial charge in [-0.15, -0.1) is 0 Å². The van der Waals surface area contributed by atoms with Crippen molar-refractivity contribution in [3.8, 4) is 0 Å². The van der Waals surface area contributed by atoms with Gasteiger partial charge in [0.1, 0.15) is 0 Å². The predicted molar refractivity (Wildman–Crippen MR) is 80.3 cm³/mol. The van der Waals surface area contributed by atoms with E-state index in [1.165, 1.54) is 17.5 Å². The van der Waals surface area contributed by atoms with Crippen molar-refractivity contribution in [2.75, 3.05) is 6.54 Å². The zero-order valence-corrected chi connectivity index (χ0v) is 12.7. The molecule has 0 saturated carbocycles. The number of rotatable bonds is 4. The molecule has 2 rings (SSSR count). The number of benzene rings is 1. The molecule has 1 aliphatic rings. The van der Waals surface area contributed by atoms with E-state index in [1.807, 2.05) is 13.8 Å². The topological polar surface area (TPSA) is 23.5 Å². The van der Waals surface area contributed by atoms with Gasteiger partial charge in [0, 0.05) is 12.6 Å². The van der Waals surface area contributed by atoms with E-state index in [9.17, 15) is 5.11 Å². The van der Waals surface area contributed by atoms with Crippen LogP contribution >= 0.6 is 0 Å². The minimum atomic E-state index is -0.603. The van der Waals surface area contributed by atoms with Gasteiger partial charge in [-0.2, -0.15) is 0 Å².